The molecule has 25 heavy (non-hydrogen) atoms. The lowest BCUT2D eigenvalue weighted by atomic mass is 10.2. The summed E-state index contributed by atoms with van der Waals surface area (Å²) in [5.74, 6) is -0.204. The Balaban J connectivity index is 1.71. The van der Waals surface area contributed by atoms with E-state index in [0.717, 1.165) is 19.6 Å². The molecule has 1 atom stereocenters. The Bertz CT molecular complexity index is 840. The number of hydrogen-bond donors (Lipinski definition) is 0. The third-order valence-electron chi connectivity index (χ3n) is 5.06. The van der Waals surface area contributed by atoms with Gasteiger partial charge in [0.2, 0.25) is 0 Å². The lowest BCUT2D eigenvalue weighted by Crippen LogP contribution is -2.35. The first kappa shape index (κ1) is 16.2. The number of nitrogens with zero attached hydrogens (tertiary/aromatic N) is 2. The number of carbonyl (C=O) groups excluding carboxylic acids is 1. The van der Waals surface area contributed by atoms with Crippen molar-refractivity contribution in [2.75, 3.05) is 19.6 Å². The molecule has 2 heterocycles. The van der Waals surface area contributed by atoms with Gasteiger partial charge in [0.15, 0.2) is 0 Å². The maximum absolute atomic E-state index is 11.6. The average molecular weight is 336 g/mol. The van der Waals surface area contributed by atoms with Crippen molar-refractivity contribution in [3.63, 3.8) is 0 Å². The lowest BCUT2D eigenvalue weighted by molar-refractivity contribution is -0.147. The quantitative estimate of drug-likeness (QED) is 0.664. The summed E-state index contributed by atoms with van der Waals surface area (Å²) in [5, 5.41) is 2.50. The molecule has 2 aromatic carbocycles. The van der Waals surface area contributed by atoms with E-state index in [9.17, 15) is 4.79 Å². The van der Waals surface area contributed by atoms with Crippen molar-refractivity contribution < 1.29 is 9.53 Å². The molecule has 1 saturated heterocycles. The molecule has 1 aromatic heterocycles. The normalized spacial score (nSPS) is 16.5. The number of fused-ring (bicyclic) bond motifs is 3. The second kappa shape index (κ2) is 6.89. The molecule has 1 aliphatic rings. The molecule has 130 valence electrons. The molecule has 0 amide bonds. The van der Waals surface area contributed by atoms with Crippen LogP contribution >= 0.6 is 0 Å². The van der Waals surface area contributed by atoms with Gasteiger partial charge in [-0.2, -0.15) is 0 Å². The van der Waals surface area contributed by atoms with Crippen LogP contribution in [0.4, 0.5) is 0 Å². The third kappa shape index (κ3) is 3.27. The second-order valence-electron chi connectivity index (χ2n) is 6.88. The second-order valence-corrected chi connectivity index (χ2v) is 6.88. The molecule has 4 rings (SSSR count). The van der Waals surface area contributed by atoms with E-state index in [4.69, 9.17) is 4.74 Å². The van der Waals surface area contributed by atoms with Crippen molar-refractivity contribution in [3.05, 3.63) is 48.5 Å². The monoisotopic (exact) mass is 336 g/mol. The van der Waals surface area contributed by atoms with Gasteiger partial charge in [-0.15, -0.1) is 0 Å². The molecule has 1 fully saturated rings. The molecule has 0 aliphatic carbocycles. The molecule has 0 saturated carbocycles. The highest BCUT2D eigenvalue weighted by molar-refractivity contribution is 6.07. The molecule has 0 spiro atoms. The van der Waals surface area contributed by atoms with Crippen molar-refractivity contribution in [1.29, 1.82) is 0 Å². The number of esters is 1. The lowest BCUT2D eigenvalue weighted by Gasteiger charge is -2.24. The molecule has 4 heteroatoms. The number of benzene rings is 2. The zero-order chi connectivity index (χ0) is 17.2. The Labute approximate surface area is 148 Å². The van der Waals surface area contributed by atoms with E-state index in [0.29, 0.717) is 6.54 Å². The smallest absolute Gasteiger partial charge is 0.303 e. The van der Waals surface area contributed by atoms with Gasteiger partial charge in [-0.05, 0) is 38.1 Å². The highest BCUT2D eigenvalue weighted by Gasteiger charge is 2.22. The van der Waals surface area contributed by atoms with E-state index in [2.05, 4.69) is 58.0 Å². The van der Waals surface area contributed by atoms with Crippen LogP contribution in [0.1, 0.15) is 19.8 Å². The first-order chi connectivity index (χ1) is 12.2. The van der Waals surface area contributed by atoms with Crippen LogP contribution in [-0.2, 0) is 16.1 Å². The van der Waals surface area contributed by atoms with E-state index >= 15 is 0 Å². The van der Waals surface area contributed by atoms with Crippen molar-refractivity contribution in [1.82, 2.24) is 9.47 Å². The van der Waals surface area contributed by atoms with Crippen molar-refractivity contribution in [3.8, 4) is 0 Å². The third-order valence-corrected chi connectivity index (χ3v) is 5.06. The predicted molar refractivity (Wildman–Crippen MR) is 101 cm³/mol. The molecule has 3 aromatic rings. The molecular weight excluding hydrogens is 312 g/mol. The van der Waals surface area contributed by atoms with Crippen LogP contribution in [0, 0.1) is 0 Å². The fraction of sp³-hybridized carbons (Fsp3) is 0.381. The summed E-state index contributed by atoms with van der Waals surface area (Å²) in [6, 6.07) is 16.9. The summed E-state index contributed by atoms with van der Waals surface area (Å²) < 4.78 is 7.98. The molecule has 0 bridgehead atoms. The van der Waals surface area contributed by atoms with Crippen molar-refractivity contribution >= 4 is 27.8 Å². The van der Waals surface area contributed by atoms with Gasteiger partial charge in [0, 0.05) is 35.3 Å². The number of ether oxygens (including phenoxy) is 1. The molecule has 0 unspecified atom stereocenters. The van der Waals surface area contributed by atoms with E-state index in [1.807, 2.05) is 0 Å². The highest BCUT2D eigenvalue weighted by Crippen LogP contribution is 2.29. The van der Waals surface area contributed by atoms with Gasteiger partial charge in [0.1, 0.15) is 6.10 Å². The van der Waals surface area contributed by atoms with Crippen LogP contribution in [0.5, 0.6) is 0 Å². The summed E-state index contributed by atoms with van der Waals surface area (Å²) in [4.78, 5) is 14.0. The number of aromatic nitrogens is 1. The van der Waals surface area contributed by atoms with Crippen LogP contribution in [0.15, 0.2) is 48.5 Å². The SMILES string of the molecule is CC(=O)O[C@H](CN1CCCC1)Cn1c2ccccc2c2ccccc21. The van der Waals surface area contributed by atoms with E-state index < -0.39 is 0 Å². The standard InChI is InChI=1S/C21H24N2O2/c1-16(24)25-17(14-22-12-6-7-13-22)15-23-20-10-4-2-8-18(20)19-9-3-5-11-21(19)23/h2-5,8-11,17H,6-7,12-15H2,1H3/t17-/m1/s1. The van der Waals surface area contributed by atoms with Gasteiger partial charge < -0.3 is 9.30 Å². The number of hydrogen-bond acceptors (Lipinski definition) is 3. The summed E-state index contributed by atoms with van der Waals surface area (Å²) >= 11 is 0. The van der Waals surface area contributed by atoms with Gasteiger partial charge in [0.05, 0.1) is 6.54 Å². The molecule has 0 radical (unpaired) electrons. The largest absolute Gasteiger partial charge is 0.459 e. The van der Waals surface area contributed by atoms with Crippen LogP contribution in [0.2, 0.25) is 0 Å². The van der Waals surface area contributed by atoms with Gasteiger partial charge in [0.25, 0.3) is 0 Å². The maximum atomic E-state index is 11.6. The zero-order valence-corrected chi connectivity index (χ0v) is 14.6. The van der Waals surface area contributed by atoms with Crippen LogP contribution < -0.4 is 0 Å². The highest BCUT2D eigenvalue weighted by atomic mass is 16.5. The topological polar surface area (TPSA) is 34.5 Å². The van der Waals surface area contributed by atoms with Crippen LogP contribution in [0.25, 0.3) is 21.8 Å². The van der Waals surface area contributed by atoms with Gasteiger partial charge in [-0.3, -0.25) is 9.69 Å². The Morgan fingerprint density at radius 2 is 1.52 bits per heavy atom. The summed E-state index contributed by atoms with van der Waals surface area (Å²) in [6.07, 6.45) is 2.35. The van der Waals surface area contributed by atoms with E-state index in [1.165, 1.54) is 41.6 Å². The van der Waals surface area contributed by atoms with Crippen molar-refractivity contribution in [2.45, 2.75) is 32.4 Å². The first-order valence-electron chi connectivity index (χ1n) is 9.08. The zero-order valence-electron chi connectivity index (χ0n) is 14.6. The van der Waals surface area contributed by atoms with Gasteiger partial charge in [-0.25, -0.2) is 0 Å². The molecular formula is C21H24N2O2. The van der Waals surface area contributed by atoms with Crippen LogP contribution in [-0.4, -0.2) is 41.2 Å². The van der Waals surface area contributed by atoms with Gasteiger partial charge in [-0.1, -0.05) is 36.4 Å². The summed E-state index contributed by atoms with van der Waals surface area (Å²) in [5.41, 5.74) is 2.39. The minimum Gasteiger partial charge on any atom is -0.459 e. The first-order valence-corrected chi connectivity index (χ1v) is 9.08. The van der Waals surface area contributed by atoms with Crippen LogP contribution in [0.3, 0.4) is 0 Å². The summed E-state index contributed by atoms with van der Waals surface area (Å²) in [6.45, 7) is 5.20. The Morgan fingerprint density at radius 3 is 2.08 bits per heavy atom. The van der Waals surface area contributed by atoms with Gasteiger partial charge >= 0.3 is 5.97 Å². The molecule has 1 aliphatic heterocycles. The Hall–Kier alpha value is -2.33. The minimum absolute atomic E-state index is 0.130. The number of para-hydroxylation sites is 2. The van der Waals surface area contributed by atoms with Crippen molar-refractivity contribution in [2.24, 2.45) is 0 Å². The number of carbonyl (C=O) groups is 1. The average Bonchev–Trinajstić information content (AvgIpc) is 3.22. The Kier molecular flexibility index (Phi) is 4.45. The number of likely N-dealkylation sites (tertiary alicyclic amines) is 1. The maximum Gasteiger partial charge on any atom is 0.303 e. The molecule has 4 nitrogen and oxygen atoms in total. The van der Waals surface area contributed by atoms with E-state index in [-0.39, 0.29) is 12.1 Å². The number of rotatable bonds is 5. The summed E-state index contributed by atoms with van der Waals surface area (Å²) in [7, 11) is 0. The molecule has 0 N–H and O–H groups in total. The Morgan fingerprint density at radius 1 is 0.960 bits per heavy atom. The fourth-order valence-electron chi connectivity index (χ4n) is 4.02. The minimum atomic E-state index is -0.204. The predicted octanol–water partition coefficient (Wildman–Crippen LogP) is 3.82. The fourth-order valence-corrected chi connectivity index (χ4v) is 4.02. The van der Waals surface area contributed by atoms with E-state index in [1.54, 1.807) is 0 Å².